The smallest absolute Gasteiger partial charge is 0.0604 e. The van der Waals surface area contributed by atoms with Crippen molar-refractivity contribution in [2.75, 3.05) is 27.2 Å². The maximum Gasteiger partial charge on any atom is 0.0604 e. The largest absolute Gasteiger partial charge is 0.304 e. The van der Waals surface area contributed by atoms with Gasteiger partial charge in [-0.1, -0.05) is 24.3 Å². The van der Waals surface area contributed by atoms with Crippen molar-refractivity contribution in [2.45, 2.75) is 18.5 Å². The fourth-order valence-electron chi connectivity index (χ4n) is 3.24. The van der Waals surface area contributed by atoms with Crippen LogP contribution < -0.4 is 0 Å². The van der Waals surface area contributed by atoms with Gasteiger partial charge in [-0.2, -0.15) is 0 Å². The molecule has 2 aliphatic rings. The first-order valence-corrected chi connectivity index (χ1v) is 5.70. The standard InChI is InChI=1S/C13H18N2/c1-14-8-7-13(10-14)12-6-4-3-5-11(12)9-15(13)2/h3-6H,7-10H2,1-2H3. The second-order valence-corrected chi connectivity index (χ2v) is 5.03. The van der Waals surface area contributed by atoms with E-state index in [0.29, 0.717) is 5.54 Å². The van der Waals surface area contributed by atoms with Gasteiger partial charge in [-0.05, 0) is 31.6 Å². The molecule has 1 aromatic rings. The molecule has 0 radical (unpaired) electrons. The van der Waals surface area contributed by atoms with Crippen molar-refractivity contribution in [2.24, 2.45) is 0 Å². The van der Waals surface area contributed by atoms with Gasteiger partial charge in [0.1, 0.15) is 0 Å². The highest BCUT2D eigenvalue weighted by Crippen LogP contribution is 2.43. The van der Waals surface area contributed by atoms with Crippen molar-refractivity contribution in [3.05, 3.63) is 35.4 Å². The van der Waals surface area contributed by atoms with Gasteiger partial charge in [-0.25, -0.2) is 0 Å². The summed E-state index contributed by atoms with van der Waals surface area (Å²) in [4.78, 5) is 4.97. The highest BCUT2D eigenvalue weighted by atomic mass is 15.3. The molecular weight excluding hydrogens is 184 g/mol. The zero-order valence-corrected chi connectivity index (χ0v) is 9.53. The van der Waals surface area contributed by atoms with Crippen molar-refractivity contribution in [1.29, 1.82) is 0 Å². The molecule has 2 nitrogen and oxygen atoms in total. The summed E-state index contributed by atoms with van der Waals surface area (Å²) in [6, 6.07) is 8.93. The normalized spacial score (nSPS) is 31.3. The van der Waals surface area contributed by atoms with Gasteiger partial charge in [0.05, 0.1) is 5.54 Å². The third-order valence-corrected chi connectivity index (χ3v) is 4.10. The molecule has 0 aromatic heterocycles. The molecule has 80 valence electrons. The fourth-order valence-corrected chi connectivity index (χ4v) is 3.24. The second kappa shape index (κ2) is 3.06. The van der Waals surface area contributed by atoms with E-state index < -0.39 is 0 Å². The molecule has 0 amide bonds. The van der Waals surface area contributed by atoms with Crippen molar-refractivity contribution in [3.63, 3.8) is 0 Å². The molecule has 1 saturated heterocycles. The van der Waals surface area contributed by atoms with Gasteiger partial charge in [0.25, 0.3) is 0 Å². The molecule has 1 unspecified atom stereocenters. The van der Waals surface area contributed by atoms with E-state index in [1.165, 1.54) is 25.1 Å². The SMILES string of the molecule is CN1CCC2(C1)c1ccccc1CN2C. The fraction of sp³-hybridized carbons (Fsp3) is 0.538. The molecule has 1 atom stereocenters. The van der Waals surface area contributed by atoms with Gasteiger partial charge in [-0.3, -0.25) is 4.90 Å². The number of hydrogen-bond acceptors (Lipinski definition) is 2. The number of hydrogen-bond donors (Lipinski definition) is 0. The first kappa shape index (κ1) is 9.37. The molecule has 1 fully saturated rings. The number of likely N-dealkylation sites (N-methyl/N-ethyl adjacent to an activating group) is 2. The molecule has 3 rings (SSSR count). The zero-order chi connectivity index (χ0) is 10.5. The van der Waals surface area contributed by atoms with Gasteiger partial charge in [-0.15, -0.1) is 0 Å². The zero-order valence-electron chi connectivity index (χ0n) is 9.53. The molecule has 15 heavy (non-hydrogen) atoms. The van der Waals surface area contributed by atoms with Crippen LogP contribution in [-0.4, -0.2) is 37.0 Å². The van der Waals surface area contributed by atoms with E-state index in [9.17, 15) is 0 Å². The first-order chi connectivity index (χ1) is 7.22. The van der Waals surface area contributed by atoms with E-state index in [-0.39, 0.29) is 0 Å². The maximum absolute atomic E-state index is 2.53. The Balaban J connectivity index is 2.09. The molecule has 2 aliphatic heterocycles. The summed E-state index contributed by atoms with van der Waals surface area (Å²) in [7, 11) is 4.49. The predicted octanol–water partition coefficient (Wildman–Crippen LogP) is 1.66. The number of likely N-dealkylation sites (tertiary alicyclic amines) is 1. The van der Waals surface area contributed by atoms with Crippen LogP contribution in [0.4, 0.5) is 0 Å². The van der Waals surface area contributed by atoms with E-state index in [4.69, 9.17) is 0 Å². The summed E-state index contributed by atoms with van der Waals surface area (Å²) in [5.41, 5.74) is 3.40. The second-order valence-electron chi connectivity index (χ2n) is 5.03. The van der Waals surface area contributed by atoms with Crippen molar-refractivity contribution >= 4 is 0 Å². The van der Waals surface area contributed by atoms with E-state index in [1.807, 2.05) is 0 Å². The van der Waals surface area contributed by atoms with Gasteiger partial charge >= 0.3 is 0 Å². The average Bonchev–Trinajstić information content (AvgIpc) is 2.73. The Hall–Kier alpha value is -0.860. The van der Waals surface area contributed by atoms with E-state index >= 15 is 0 Å². The minimum Gasteiger partial charge on any atom is -0.304 e. The Morgan fingerprint density at radius 2 is 2.00 bits per heavy atom. The Morgan fingerprint density at radius 3 is 2.73 bits per heavy atom. The highest BCUT2D eigenvalue weighted by molar-refractivity contribution is 5.39. The van der Waals surface area contributed by atoms with Crippen molar-refractivity contribution < 1.29 is 0 Å². The van der Waals surface area contributed by atoms with Crippen LogP contribution in [0.3, 0.4) is 0 Å². The molecule has 0 N–H and O–H groups in total. The van der Waals surface area contributed by atoms with Crippen LogP contribution in [0.1, 0.15) is 17.5 Å². The molecule has 0 saturated carbocycles. The Labute approximate surface area is 91.5 Å². The monoisotopic (exact) mass is 202 g/mol. The Bertz CT molecular complexity index is 388. The number of nitrogens with zero attached hydrogens (tertiary/aromatic N) is 2. The lowest BCUT2D eigenvalue weighted by molar-refractivity contribution is 0.144. The van der Waals surface area contributed by atoms with Crippen molar-refractivity contribution in [1.82, 2.24) is 9.80 Å². The third kappa shape index (κ3) is 1.18. The summed E-state index contributed by atoms with van der Waals surface area (Å²) in [5, 5.41) is 0. The molecule has 1 aromatic carbocycles. The molecule has 0 bridgehead atoms. The maximum atomic E-state index is 2.53. The van der Waals surface area contributed by atoms with Crippen LogP contribution in [0.25, 0.3) is 0 Å². The third-order valence-electron chi connectivity index (χ3n) is 4.10. The Morgan fingerprint density at radius 1 is 1.20 bits per heavy atom. The molecule has 2 heterocycles. The summed E-state index contributed by atoms with van der Waals surface area (Å²) in [5.74, 6) is 0. The van der Waals surface area contributed by atoms with Crippen molar-refractivity contribution in [3.8, 4) is 0 Å². The lowest BCUT2D eigenvalue weighted by atomic mass is 9.89. The van der Waals surface area contributed by atoms with Crippen LogP contribution in [0.5, 0.6) is 0 Å². The lowest BCUT2D eigenvalue weighted by Gasteiger charge is -2.32. The number of benzene rings is 1. The van der Waals surface area contributed by atoms with E-state index in [0.717, 1.165) is 6.54 Å². The van der Waals surface area contributed by atoms with Crippen LogP contribution in [0, 0.1) is 0 Å². The summed E-state index contributed by atoms with van der Waals surface area (Å²) < 4.78 is 0. The van der Waals surface area contributed by atoms with Gasteiger partial charge < -0.3 is 4.90 Å². The van der Waals surface area contributed by atoms with Gasteiger partial charge in [0.2, 0.25) is 0 Å². The summed E-state index contributed by atoms with van der Waals surface area (Å²) in [6.07, 6.45) is 1.27. The number of rotatable bonds is 0. The van der Waals surface area contributed by atoms with Crippen LogP contribution in [-0.2, 0) is 12.1 Å². The average molecular weight is 202 g/mol. The van der Waals surface area contributed by atoms with Crippen LogP contribution in [0.2, 0.25) is 0 Å². The molecule has 0 aliphatic carbocycles. The molecule has 1 spiro atoms. The number of fused-ring (bicyclic) bond motifs is 2. The summed E-state index contributed by atoms with van der Waals surface area (Å²) >= 11 is 0. The van der Waals surface area contributed by atoms with Crippen LogP contribution >= 0.6 is 0 Å². The first-order valence-electron chi connectivity index (χ1n) is 5.70. The predicted molar refractivity (Wildman–Crippen MR) is 61.7 cm³/mol. The van der Waals surface area contributed by atoms with E-state index in [2.05, 4.69) is 48.2 Å². The Kier molecular flexibility index (Phi) is 1.91. The summed E-state index contributed by atoms with van der Waals surface area (Å²) in [6.45, 7) is 3.52. The topological polar surface area (TPSA) is 6.48 Å². The molecular formula is C13H18N2. The highest BCUT2D eigenvalue weighted by Gasteiger charge is 2.46. The van der Waals surface area contributed by atoms with Gasteiger partial charge in [0.15, 0.2) is 0 Å². The van der Waals surface area contributed by atoms with E-state index in [1.54, 1.807) is 5.56 Å². The molecule has 2 heteroatoms. The minimum atomic E-state index is 0.311. The minimum absolute atomic E-state index is 0.311. The van der Waals surface area contributed by atoms with Gasteiger partial charge in [0, 0.05) is 19.6 Å². The van der Waals surface area contributed by atoms with Crippen LogP contribution in [0.15, 0.2) is 24.3 Å². The quantitative estimate of drug-likeness (QED) is 0.631. The lowest BCUT2D eigenvalue weighted by Crippen LogP contribution is -2.40.